The van der Waals surface area contributed by atoms with Gasteiger partial charge in [-0.05, 0) is 0 Å². The van der Waals surface area contributed by atoms with Gasteiger partial charge in [0.1, 0.15) is 24.2 Å². The fraction of sp³-hybridized carbons (Fsp3) is 0.600. The Morgan fingerprint density at radius 1 is 0.650 bits per heavy atom. The quantitative estimate of drug-likeness (QED) is 0.0443. The molecular formula is C20H34N8O10S2. The summed E-state index contributed by atoms with van der Waals surface area (Å²) in [6, 6.07) is -4.67. The first-order chi connectivity index (χ1) is 18.6. The van der Waals surface area contributed by atoms with Crippen LogP contribution in [0.1, 0.15) is 25.7 Å². The van der Waals surface area contributed by atoms with Gasteiger partial charge in [0, 0.05) is 37.2 Å². The Morgan fingerprint density at radius 3 is 1.25 bits per heavy atom. The summed E-state index contributed by atoms with van der Waals surface area (Å²) in [5.74, 6) is -7.59. The molecule has 6 amide bonds. The third kappa shape index (κ3) is 17.1. The molecule has 0 radical (unpaired) electrons. The van der Waals surface area contributed by atoms with E-state index in [1.54, 1.807) is 0 Å². The first-order valence-corrected chi connectivity index (χ1v) is 14.2. The minimum atomic E-state index is -1.44. The van der Waals surface area contributed by atoms with Crippen LogP contribution in [0.15, 0.2) is 0 Å². The van der Waals surface area contributed by atoms with E-state index in [9.17, 15) is 48.6 Å². The van der Waals surface area contributed by atoms with Crippen molar-refractivity contribution in [1.29, 1.82) is 0 Å². The average Bonchev–Trinajstić information content (AvgIpc) is 2.87. The predicted molar refractivity (Wildman–Crippen MR) is 135 cm³/mol. The molecule has 0 saturated heterocycles. The lowest BCUT2D eigenvalue weighted by Crippen LogP contribution is -2.68. The largest absolute Gasteiger partial charge is 0.544 e. The number of quaternary nitrogens is 2. The van der Waals surface area contributed by atoms with Crippen LogP contribution in [-0.4, -0.2) is 96.1 Å². The maximum Gasteiger partial charge on any atom is 0.243 e. The Kier molecular flexibility index (Phi) is 17.7. The van der Waals surface area contributed by atoms with Crippen LogP contribution in [-0.2, 0) is 38.4 Å². The molecule has 0 saturated carbocycles. The second kappa shape index (κ2) is 19.4. The highest BCUT2D eigenvalue weighted by Gasteiger charge is 2.25. The fourth-order valence-corrected chi connectivity index (χ4v) is 4.90. The number of nitrogens with one attached hydrogen (secondary N) is 4. The van der Waals surface area contributed by atoms with E-state index in [4.69, 9.17) is 11.5 Å². The number of aliphatic carboxylic acids is 2. The highest BCUT2D eigenvalue weighted by Crippen LogP contribution is 2.23. The topological polar surface area (TPSA) is 338 Å². The van der Waals surface area contributed by atoms with Crippen LogP contribution in [0.2, 0.25) is 0 Å². The average molecular weight is 611 g/mol. The highest BCUT2D eigenvalue weighted by molar-refractivity contribution is 8.76. The number of rotatable bonds is 21. The molecule has 0 aromatic heterocycles. The minimum Gasteiger partial charge on any atom is -0.544 e. The molecule has 0 spiro atoms. The fourth-order valence-electron chi connectivity index (χ4n) is 2.57. The molecule has 14 N–H and O–H groups in total. The van der Waals surface area contributed by atoms with E-state index in [0.717, 1.165) is 21.6 Å². The van der Waals surface area contributed by atoms with Crippen LogP contribution >= 0.6 is 21.6 Å². The zero-order chi connectivity index (χ0) is 30.8. The summed E-state index contributed by atoms with van der Waals surface area (Å²) in [5.41, 5.74) is 16.7. The summed E-state index contributed by atoms with van der Waals surface area (Å²) < 4.78 is 0. The molecule has 0 aliphatic heterocycles. The standard InChI is InChI=1S/C20H34N8O10S2/c21-9(19(35)36)1-3-15(31)27-11(17(33)25-5-13(23)29)7-39-40-8-12(18(34)26-6-14(24)30)28-16(32)4-2-10(22)20(37)38/h9-12H,1-8,21-22H2,(H2,23,29)(H2,24,30)(H,25,33)(H,26,34)(H,27,31)(H,28,32)(H,35,36)(H,37,38)/t9-,10-,11-,12-/m0/s1. The molecule has 4 atom stereocenters. The summed E-state index contributed by atoms with van der Waals surface area (Å²) in [5, 5.41) is 30.9. The molecule has 0 aliphatic carbocycles. The molecule has 0 aliphatic rings. The molecule has 0 bridgehead atoms. The van der Waals surface area contributed by atoms with Crippen LogP contribution in [0.5, 0.6) is 0 Å². The maximum atomic E-state index is 12.4. The van der Waals surface area contributed by atoms with Crippen molar-refractivity contribution in [3.8, 4) is 0 Å². The van der Waals surface area contributed by atoms with E-state index in [1.165, 1.54) is 0 Å². The van der Waals surface area contributed by atoms with Crippen molar-refractivity contribution >= 4 is 69.0 Å². The van der Waals surface area contributed by atoms with Crippen LogP contribution in [0, 0.1) is 0 Å². The molecule has 226 valence electrons. The van der Waals surface area contributed by atoms with Gasteiger partial charge >= 0.3 is 0 Å². The number of carbonyl (C=O) groups excluding carboxylic acids is 8. The zero-order valence-corrected chi connectivity index (χ0v) is 23.1. The molecule has 0 aromatic rings. The summed E-state index contributed by atoms with van der Waals surface area (Å²) in [6.07, 6.45) is -0.851. The second-order valence-corrected chi connectivity index (χ2v) is 10.8. The van der Waals surface area contributed by atoms with Crippen molar-refractivity contribution in [2.75, 3.05) is 24.6 Å². The lowest BCUT2D eigenvalue weighted by Gasteiger charge is -2.20. The molecular weight excluding hydrogens is 576 g/mol. The van der Waals surface area contributed by atoms with E-state index >= 15 is 0 Å². The van der Waals surface area contributed by atoms with Gasteiger partial charge in [-0.1, -0.05) is 21.6 Å². The summed E-state index contributed by atoms with van der Waals surface area (Å²) in [6.45, 7) is -1.01. The van der Waals surface area contributed by atoms with Gasteiger partial charge < -0.3 is 64.0 Å². The van der Waals surface area contributed by atoms with Crippen molar-refractivity contribution in [2.45, 2.75) is 49.9 Å². The number of hydrogen-bond donors (Lipinski definition) is 8. The molecule has 18 nitrogen and oxygen atoms in total. The maximum absolute atomic E-state index is 12.4. The van der Waals surface area contributed by atoms with Crippen molar-refractivity contribution in [3.05, 3.63) is 0 Å². The van der Waals surface area contributed by atoms with Gasteiger partial charge in [-0.15, -0.1) is 0 Å². The van der Waals surface area contributed by atoms with Gasteiger partial charge in [-0.2, -0.15) is 0 Å². The Bertz CT molecular complexity index is 880. The van der Waals surface area contributed by atoms with Gasteiger partial charge in [-0.3, -0.25) is 28.8 Å². The van der Waals surface area contributed by atoms with Gasteiger partial charge in [0.15, 0.2) is 0 Å². The van der Waals surface area contributed by atoms with Gasteiger partial charge in [-0.25, -0.2) is 0 Å². The van der Waals surface area contributed by atoms with Gasteiger partial charge in [0.2, 0.25) is 35.4 Å². The molecule has 40 heavy (non-hydrogen) atoms. The van der Waals surface area contributed by atoms with Crippen molar-refractivity contribution in [3.63, 3.8) is 0 Å². The van der Waals surface area contributed by atoms with Crippen LogP contribution < -0.4 is 54.4 Å². The lowest BCUT2D eigenvalue weighted by molar-refractivity contribution is -0.438. The summed E-state index contributed by atoms with van der Waals surface area (Å²) in [7, 11) is 2.01. The monoisotopic (exact) mass is 610 g/mol. The molecule has 0 heterocycles. The summed E-state index contributed by atoms with van der Waals surface area (Å²) in [4.78, 5) is 92.9. The molecule has 0 fully saturated rings. The molecule has 0 aromatic carbocycles. The number of carboxylic acid groups (broad SMARTS) is 2. The van der Waals surface area contributed by atoms with Crippen molar-refractivity contribution in [2.24, 2.45) is 11.5 Å². The molecule has 0 unspecified atom stereocenters. The summed E-state index contributed by atoms with van der Waals surface area (Å²) >= 11 is 0. The van der Waals surface area contributed by atoms with E-state index in [-0.39, 0.29) is 37.2 Å². The molecule has 20 heteroatoms. The van der Waals surface area contributed by atoms with E-state index < -0.39 is 84.6 Å². The number of carboxylic acids is 2. The number of primary amides is 2. The number of amides is 6. The third-order valence-corrected chi connectivity index (χ3v) is 7.26. The second-order valence-electron chi connectivity index (χ2n) is 8.29. The predicted octanol–water partition coefficient (Wildman–Crippen LogP) is -9.18. The zero-order valence-electron chi connectivity index (χ0n) is 21.4. The van der Waals surface area contributed by atoms with Crippen LogP contribution in [0.4, 0.5) is 0 Å². The Balaban J connectivity index is 5.18. The van der Waals surface area contributed by atoms with Gasteiger partial charge in [0.25, 0.3) is 0 Å². The number of hydrogen-bond acceptors (Lipinski definition) is 12. The normalized spacial score (nSPS) is 13.6. The SMILES string of the molecule is NC(=O)CNC(=O)[C@H](CSSC[C@H](NC(=O)CC[C@H]([NH3+])C(=O)[O-])C(=O)NCC(N)=O)NC(=O)CC[C@H]([NH3+])C(=O)[O-]. The van der Waals surface area contributed by atoms with Crippen molar-refractivity contribution in [1.82, 2.24) is 21.3 Å². The Labute approximate surface area is 236 Å². The molecule has 0 rings (SSSR count). The smallest absolute Gasteiger partial charge is 0.243 e. The van der Waals surface area contributed by atoms with E-state index in [0.29, 0.717) is 0 Å². The lowest BCUT2D eigenvalue weighted by atomic mass is 10.1. The highest BCUT2D eigenvalue weighted by atomic mass is 33.1. The first kappa shape index (κ1) is 36.4. The number of carbonyl (C=O) groups is 8. The number of nitrogens with two attached hydrogens (primary N) is 2. The minimum absolute atomic E-state index is 0.0896. The third-order valence-electron chi connectivity index (χ3n) is 4.84. The van der Waals surface area contributed by atoms with Crippen molar-refractivity contribution < 1.29 is 60.0 Å². The van der Waals surface area contributed by atoms with Crippen LogP contribution in [0.3, 0.4) is 0 Å². The Morgan fingerprint density at radius 2 is 0.975 bits per heavy atom. The Hall–Kier alpha value is -3.62. The van der Waals surface area contributed by atoms with E-state index in [1.807, 2.05) is 0 Å². The first-order valence-electron chi connectivity index (χ1n) is 11.7. The van der Waals surface area contributed by atoms with Gasteiger partial charge in [0.05, 0.1) is 25.0 Å². The van der Waals surface area contributed by atoms with Crippen LogP contribution in [0.25, 0.3) is 0 Å². The van der Waals surface area contributed by atoms with E-state index in [2.05, 4.69) is 32.7 Å².